The van der Waals surface area contributed by atoms with E-state index in [0.29, 0.717) is 36.6 Å². The van der Waals surface area contributed by atoms with Crippen molar-refractivity contribution in [1.29, 1.82) is 0 Å². The number of nitrogens with zero attached hydrogens (tertiary/aromatic N) is 6. The van der Waals surface area contributed by atoms with E-state index in [-0.39, 0.29) is 23.4 Å². The lowest BCUT2D eigenvalue weighted by atomic mass is 10.0. The number of hydrogen-bond acceptors (Lipinski definition) is 7. The average molecular weight is 486 g/mol. The first-order valence-corrected chi connectivity index (χ1v) is 11.0. The van der Waals surface area contributed by atoms with E-state index in [1.165, 1.54) is 23.5 Å². The molecule has 0 spiro atoms. The van der Waals surface area contributed by atoms with Crippen LogP contribution in [0.2, 0.25) is 0 Å². The molecule has 2 amide bonds. The highest BCUT2D eigenvalue weighted by molar-refractivity contribution is 6.05. The van der Waals surface area contributed by atoms with Gasteiger partial charge in [-0.15, -0.1) is 0 Å². The van der Waals surface area contributed by atoms with Gasteiger partial charge in [-0.3, -0.25) is 20.1 Å². The van der Waals surface area contributed by atoms with E-state index in [4.69, 9.17) is 0 Å². The summed E-state index contributed by atoms with van der Waals surface area (Å²) >= 11 is 0. The summed E-state index contributed by atoms with van der Waals surface area (Å²) in [5.41, 5.74) is 1.21. The highest BCUT2D eigenvalue weighted by Gasteiger charge is 2.41. The summed E-state index contributed by atoms with van der Waals surface area (Å²) in [5.74, 6) is -1.50. The molecule has 3 aromatic rings. The van der Waals surface area contributed by atoms with Crippen LogP contribution in [0.1, 0.15) is 30.3 Å². The van der Waals surface area contributed by atoms with Crippen LogP contribution in [0.3, 0.4) is 0 Å². The molecule has 2 N–H and O–H groups in total. The SMILES string of the molecule is C[C@@H](CC(=O)c1ccc2c(n1)N(C(=O)Nc1cc(-c3ncn[nH]3)ccn1)[C@H]1CCN2C1)C(F)(F)F. The molecule has 1 saturated heterocycles. The van der Waals surface area contributed by atoms with Crippen molar-refractivity contribution in [3.8, 4) is 11.4 Å². The average Bonchev–Trinajstić information content (AvgIpc) is 3.50. The zero-order chi connectivity index (χ0) is 24.7. The van der Waals surface area contributed by atoms with E-state index in [9.17, 15) is 22.8 Å². The molecule has 10 nitrogen and oxygen atoms in total. The van der Waals surface area contributed by atoms with Gasteiger partial charge in [0.15, 0.2) is 17.4 Å². The number of aromatic nitrogens is 5. The van der Waals surface area contributed by atoms with Crippen molar-refractivity contribution in [2.45, 2.75) is 32.0 Å². The van der Waals surface area contributed by atoms with Crippen molar-refractivity contribution < 1.29 is 22.8 Å². The third-order valence-corrected chi connectivity index (χ3v) is 6.19. The van der Waals surface area contributed by atoms with Crippen LogP contribution in [0.4, 0.5) is 35.3 Å². The second-order valence-corrected chi connectivity index (χ2v) is 8.56. The smallest absolute Gasteiger partial charge is 0.366 e. The van der Waals surface area contributed by atoms with Crippen LogP contribution in [-0.2, 0) is 0 Å². The maximum Gasteiger partial charge on any atom is 0.391 e. The van der Waals surface area contributed by atoms with E-state index in [0.717, 1.165) is 6.92 Å². The Labute approximate surface area is 197 Å². The van der Waals surface area contributed by atoms with Crippen LogP contribution in [-0.4, -0.2) is 62.3 Å². The molecule has 3 aromatic heterocycles. The van der Waals surface area contributed by atoms with Crippen molar-refractivity contribution >= 4 is 29.1 Å². The Kier molecular flexibility index (Phi) is 5.61. The van der Waals surface area contributed by atoms with Gasteiger partial charge in [0.25, 0.3) is 0 Å². The van der Waals surface area contributed by atoms with Gasteiger partial charge in [0.05, 0.1) is 17.6 Å². The summed E-state index contributed by atoms with van der Waals surface area (Å²) in [6, 6.07) is 5.70. The lowest BCUT2D eigenvalue weighted by Crippen LogP contribution is -2.48. The second-order valence-electron chi connectivity index (χ2n) is 8.56. The van der Waals surface area contributed by atoms with Crippen LogP contribution in [0.5, 0.6) is 0 Å². The number of carbonyl (C=O) groups excluding carboxylic acids is 2. The number of carbonyl (C=O) groups is 2. The molecule has 0 aromatic carbocycles. The highest BCUT2D eigenvalue weighted by Crippen LogP contribution is 2.39. The molecule has 182 valence electrons. The number of anilines is 3. The monoisotopic (exact) mass is 486 g/mol. The van der Waals surface area contributed by atoms with Gasteiger partial charge in [-0.1, -0.05) is 6.92 Å². The standard InChI is InChI=1S/C22H21F3N8O2/c1-12(22(23,24)25)8-17(34)15-2-3-16-20(29-15)33(14-5-7-32(16)10-14)21(35)30-18-9-13(4-6-26-18)19-27-11-28-31-19/h2-4,6,9,11-12,14H,5,7-8,10H2,1H3,(H,26,30,35)(H,27,28,31)/t12-,14-/m0/s1. The zero-order valence-corrected chi connectivity index (χ0v) is 18.6. The molecular formula is C22H21F3N8O2. The van der Waals surface area contributed by atoms with Gasteiger partial charge in [0.1, 0.15) is 17.8 Å². The Morgan fingerprint density at radius 2 is 2.09 bits per heavy atom. The molecule has 13 heteroatoms. The first-order chi connectivity index (χ1) is 16.7. The fraction of sp³-hybridized carbons (Fsp3) is 0.364. The lowest BCUT2D eigenvalue weighted by molar-refractivity contribution is -0.168. The maximum absolute atomic E-state index is 13.4. The maximum atomic E-state index is 13.4. The van der Waals surface area contributed by atoms with Crippen molar-refractivity contribution in [3.63, 3.8) is 0 Å². The number of fused-ring (bicyclic) bond motifs is 4. The van der Waals surface area contributed by atoms with Crippen molar-refractivity contribution in [2.75, 3.05) is 28.2 Å². The Hall–Kier alpha value is -4.03. The first-order valence-electron chi connectivity index (χ1n) is 11.0. The minimum atomic E-state index is -4.48. The molecule has 2 atom stereocenters. The van der Waals surface area contributed by atoms with Gasteiger partial charge in [0.2, 0.25) is 0 Å². The van der Waals surface area contributed by atoms with Crippen molar-refractivity contribution in [3.05, 3.63) is 42.5 Å². The predicted molar refractivity (Wildman–Crippen MR) is 120 cm³/mol. The molecule has 0 radical (unpaired) electrons. The number of H-pyrrole nitrogens is 1. The van der Waals surface area contributed by atoms with Gasteiger partial charge in [0, 0.05) is 31.3 Å². The molecule has 1 fully saturated rings. The fourth-order valence-corrected chi connectivity index (χ4v) is 4.29. The summed E-state index contributed by atoms with van der Waals surface area (Å²) in [4.78, 5) is 42.1. The van der Waals surface area contributed by atoms with E-state index < -0.39 is 30.3 Å². The van der Waals surface area contributed by atoms with Gasteiger partial charge < -0.3 is 4.90 Å². The fourth-order valence-electron chi connectivity index (χ4n) is 4.29. The number of urea groups is 1. The van der Waals surface area contributed by atoms with Gasteiger partial charge >= 0.3 is 12.2 Å². The van der Waals surface area contributed by atoms with E-state index >= 15 is 0 Å². The lowest BCUT2D eigenvalue weighted by Gasteiger charge is -2.35. The minimum absolute atomic E-state index is 0.106. The molecule has 0 aliphatic carbocycles. The molecule has 2 aliphatic heterocycles. The Bertz CT molecular complexity index is 1260. The number of nitrogens with one attached hydrogen (secondary N) is 2. The summed E-state index contributed by atoms with van der Waals surface area (Å²) in [7, 11) is 0. The molecule has 35 heavy (non-hydrogen) atoms. The van der Waals surface area contributed by atoms with Gasteiger partial charge in [-0.2, -0.15) is 18.3 Å². The predicted octanol–water partition coefficient (Wildman–Crippen LogP) is 3.66. The van der Waals surface area contributed by atoms with E-state index in [1.807, 2.05) is 4.90 Å². The zero-order valence-electron chi connectivity index (χ0n) is 18.6. The summed E-state index contributed by atoms with van der Waals surface area (Å²) in [6.07, 6.45) is -1.62. The highest BCUT2D eigenvalue weighted by atomic mass is 19.4. The number of alkyl halides is 3. The van der Waals surface area contributed by atoms with Crippen LogP contribution >= 0.6 is 0 Å². The number of pyridine rings is 2. The third-order valence-electron chi connectivity index (χ3n) is 6.19. The largest absolute Gasteiger partial charge is 0.391 e. The number of rotatable bonds is 5. The molecule has 5 heterocycles. The van der Waals surface area contributed by atoms with E-state index in [1.54, 1.807) is 18.2 Å². The molecule has 2 bridgehead atoms. The Morgan fingerprint density at radius 3 is 2.83 bits per heavy atom. The molecule has 0 saturated carbocycles. The third kappa shape index (κ3) is 4.40. The molecule has 0 unspecified atom stereocenters. The topological polar surface area (TPSA) is 120 Å². The van der Waals surface area contributed by atoms with Crippen LogP contribution in [0.25, 0.3) is 11.4 Å². The van der Waals surface area contributed by atoms with Gasteiger partial charge in [-0.05, 0) is 30.7 Å². The summed E-state index contributed by atoms with van der Waals surface area (Å²) in [6.45, 7) is 2.24. The number of halogens is 3. The Morgan fingerprint density at radius 1 is 1.26 bits per heavy atom. The van der Waals surface area contributed by atoms with Crippen LogP contribution in [0, 0.1) is 5.92 Å². The van der Waals surface area contributed by atoms with Crippen molar-refractivity contribution in [1.82, 2.24) is 25.1 Å². The quantitative estimate of drug-likeness (QED) is 0.528. The first kappa shape index (κ1) is 22.7. The minimum Gasteiger partial charge on any atom is -0.366 e. The molecular weight excluding hydrogens is 465 g/mol. The van der Waals surface area contributed by atoms with Crippen LogP contribution < -0.4 is 15.1 Å². The summed E-state index contributed by atoms with van der Waals surface area (Å²) < 4.78 is 38.8. The molecule has 2 aliphatic rings. The number of hydrogen-bond donors (Lipinski definition) is 2. The van der Waals surface area contributed by atoms with Gasteiger partial charge in [-0.25, -0.2) is 19.7 Å². The Balaban J connectivity index is 1.42. The second kappa shape index (κ2) is 8.64. The number of ketones is 1. The van der Waals surface area contributed by atoms with Crippen LogP contribution in [0.15, 0.2) is 36.8 Å². The number of aromatic amines is 1. The normalized spacial score (nSPS) is 17.8. The van der Waals surface area contributed by atoms with Crippen molar-refractivity contribution in [2.24, 2.45) is 5.92 Å². The summed E-state index contributed by atoms with van der Waals surface area (Å²) in [5, 5.41) is 9.31. The number of Topliss-reactive ketones (excluding diaryl/α,β-unsaturated/α-hetero) is 1. The number of amides is 2. The molecule has 5 rings (SSSR count). The van der Waals surface area contributed by atoms with E-state index in [2.05, 4.69) is 30.5 Å².